The fraction of sp³-hybridized carbons (Fsp3) is 0.304. The summed E-state index contributed by atoms with van der Waals surface area (Å²) >= 11 is 0. The van der Waals surface area contributed by atoms with Crippen molar-refractivity contribution >= 4 is 17.5 Å². The summed E-state index contributed by atoms with van der Waals surface area (Å²) in [6, 6.07) is 7.42. The number of aryl methyl sites for hydroxylation is 1. The Morgan fingerprint density at radius 1 is 1.11 bits per heavy atom. The van der Waals surface area contributed by atoms with E-state index >= 15 is 0 Å². The summed E-state index contributed by atoms with van der Waals surface area (Å²) in [5.74, 6) is -0.0375. The van der Waals surface area contributed by atoms with Gasteiger partial charge in [0.1, 0.15) is 12.4 Å². The van der Waals surface area contributed by atoms with Crippen LogP contribution in [0.15, 0.2) is 51.3 Å². The third-order valence-corrected chi connectivity index (χ3v) is 5.76. The van der Waals surface area contributed by atoms with Crippen molar-refractivity contribution in [3.63, 3.8) is 0 Å². The zero-order chi connectivity index (χ0) is 24.7. The summed E-state index contributed by atoms with van der Waals surface area (Å²) in [5, 5.41) is 13.3. The summed E-state index contributed by atoms with van der Waals surface area (Å²) < 4.78 is 30.3. The van der Waals surface area contributed by atoms with Crippen molar-refractivity contribution < 1.29 is 28.0 Å². The maximum Gasteiger partial charge on any atom is 0.263 e. The molecule has 1 saturated heterocycles. The molecule has 5 rings (SSSR count). The Morgan fingerprint density at radius 3 is 2.69 bits per heavy atom. The van der Waals surface area contributed by atoms with E-state index in [1.54, 1.807) is 25.1 Å². The lowest BCUT2D eigenvalue weighted by molar-refractivity contribution is -0.123. The number of ether oxygens (including phenoxy) is 2. The number of methoxy groups -OCH3 is 1. The second-order valence-electron chi connectivity index (χ2n) is 7.95. The Hall–Kier alpha value is -4.35. The van der Waals surface area contributed by atoms with Crippen molar-refractivity contribution in [1.29, 1.82) is 0 Å². The SMILES string of the molecule is CCOc1ccc(-c2noc(CN3N=N[C@H]4C(=O)N(c5ccc(C)c(F)c5)C(=O)[C@@H]43)n2)cc1OC. The Labute approximate surface area is 199 Å². The van der Waals surface area contributed by atoms with Gasteiger partial charge in [-0.25, -0.2) is 9.29 Å². The Balaban J connectivity index is 1.34. The van der Waals surface area contributed by atoms with Crippen LogP contribution in [0.25, 0.3) is 11.4 Å². The summed E-state index contributed by atoms with van der Waals surface area (Å²) in [6.45, 7) is 3.92. The summed E-state index contributed by atoms with van der Waals surface area (Å²) in [6.07, 6.45) is 0. The monoisotopic (exact) mass is 480 g/mol. The molecule has 12 heteroatoms. The van der Waals surface area contributed by atoms with Crippen molar-refractivity contribution in [3.8, 4) is 22.9 Å². The summed E-state index contributed by atoms with van der Waals surface area (Å²) in [5.41, 5.74) is 1.20. The number of anilines is 1. The van der Waals surface area contributed by atoms with E-state index in [0.29, 0.717) is 35.1 Å². The highest BCUT2D eigenvalue weighted by Crippen LogP contribution is 2.34. The number of fused-ring (bicyclic) bond motifs is 1. The maximum atomic E-state index is 14.0. The third kappa shape index (κ3) is 3.86. The second-order valence-corrected chi connectivity index (χ2v) is 7.95. The van der Waals surface area contributed by atoms with E-state index in [2.05, 4.69) is 20.5 Å². The molecule has 3 aromatic rings. The highest BCUT2D eigenvalue weighted by atomic mass is 19.1. The molecule has 11 nitrogen and oxygen atoms in total. The molecular weight excluding hydrogens is 459 g/mol. The first-order chi connectivity index (χ1) is 16.9. The van der Waals surface area contributed by atoms with Gasteiger partial charge in [-0.15, -0.1) is 0 Å². The molecule has 180 valence electrons. The Morgan fingerprint density at radius 2 is 1.94 bits per heavy atom. The number of carbonyl (C=O) groups is 2. The van der Waals surface area contributed by atoms with E-state index in [-0.39, 0.29) is 18.1 Å². The van der Waals surface area contributed by atoms with Gasteiger partial charge in [-0.3, -0.25) is 14.6 Å². The first-order valence-electron chi connectivity index (χ1n) is 10.9. The normalized spacial score (nSPS) is 19.0. The van der Waals surface area contributed by atoms with Crippen LogP contribution in [0.2, 0.25) is 0 Å². The molecule has 0 unspecified atom stereocenters. The average Bonchev–Trinajstić information content (AvgIpc) is 3.54. The lowest BCUT2D eigenvalue weighted by Gasteiger charge is -2.19. The molecule has 2 aromatic carbocycles. The van der Waals surface area contributed by atoms with Crippen LogP contribution < -0.4 is 14.4 Å². The van der Waals surface area contributed by atoms with E-state index < -0.39 is 29.7 Å². The van der Waals surface area contributed by atoms with Crippen LogP contribution in [0.4, 0.5) is 10.1 Å². The predicted octanol–water partition coefficient (Wildman–Crippen LogP) is 3.08. The van der Waals surface area contributed by atoms with Gasteiger partial charge in [-0.1, -0.05) is 16.4 Å². The number of nitrogens with zero attached hydrogens (tertiary/aromatic N) is 6. The van der Waals surface area contributed by atoms with Gasteiger partial charge >= 0.3 is 0 Å². The van der Waals surface area contributed by atoms with E-state index in [0.717, 1.165) is 11.0 Å². The fourth-order valence-electron chi connectivity index (χ4n) is 3.99. The molecule has 0 radical (unpaired) electrons. The summed E-state index contributed by atoms with van der Waals surface area (Å²) in [7, 11) is 1.53. The number of hydrogen-bond donors (Lipinski definition) is 0. The Kier molecular flexibility index (Phi) is 5.63. The van der Waals surface area contributed by atoms with Gasteiger partial charge in [0, 0.05) is 5.56 Å². The zero-order valence-electron chi connectivity index (χ0n) is 19.1. The lowest BCUT2D eigenvalue weighted by atomic mass is 10.1. The summed E-state index contributed by atoms with van der Waals surface area (Å²) in [4.78, 5) is 31.3. The van der Waals surface area contributed by atoms with Crippen LogP contribution in [-0.4, -0.2) is 52.8 Å². The highest BCUT2D eigenvalue weighted by Gasteiger charge is 2.55. The molecule has 1 fully saturated rings. The van der Waals surface area contributed by atoms with Gasteiger partial charge < -0.3 is 14.0 Å². The number of amides is 2. The van der Waals surface area contributed by atoms with Crippen LogP contribution in [0.5, 0.6) is 11.5 Å². The fourth-order valence-corrected chi connectivity index (χ4v) is 3.99. The third-order valence-electron chi connectivity index (χ3n) is 5.76. The average molecular weight is 480 g/mol. The minimum absolute atomic E-state index is 0.0407. The zero-order valence-corrected chi connectivity index (χ0v) is 19.1. The van der Waals surface area contributed by atoms with Crippen molar-refractivity contribution in [2.24, 2.45) is 10.3 Å². The standard InChI is InChI=1S/C23H21FN6O5/c1-4-34-16-8-6-13(9-17(16)33-3)21-25-18(35-27-21)11-29-20-19(26-28-29)22(31)30(23(20)32)14-7-5-12(2)15(24)10-14/h5-10,19-20H,4,11H2,1-3H3/t19-,20-/m1/s1. The predicted molar refractivity (Wildman–Crippen MR) is 119 cm³/mol. The van der Waals surface area contributed by atoms with E-state index in [1.165, 1.54) is 24.3 Å². The van der Waals surface area contributed by atoms with Crippen LogP contribution in [0.1, 0.15) is 18.4 Å². The molecular formula is C23H21FN6O5. The number of aromatic nitrogens is 2. The Bertz CT molecular complexity index is 1340. The molecule has 2 atom stereocenters. The molecule has 0 saturated carbocycles. The molecule has 2 amide bonds. The van der Waals surface area contributed by atoms with Gasteiger partial charge in [0.15, 0.2) is 23.6 Å². The van der Waals surface area contributed by atoms with Crippen LogP contribution in [0, 0.1) is 12.7 Å². The van der Waals surface area contributed by atoms with Crippen molar-refractivity contribution in [2.45, 2.75) is 32.5 Å². The molecule has 35 heavy (non-hydrogen) atoms. The largest absolute Gasteiger partial charge is 0.493 e. The van der Waals surface area contributed by atoms with Gasteiger partial charge in [0.25, 0.3) is 11.8 Å². The van der Waals surface area contributed by atoms with E-state index in [9.17, 15) is 14.0 Å². The first-order valence-corrected chi connectivity index (χ1v) is 10.9. The van der Waals surface area contributed by atoms with Crippen molar-refractivity contribution in [1.82, 2.24) is 15.1 Å². The minimum Gasteiger partial charge on any atom is -0.493 e. The molecule has 0 bridgehead atoms. The van der Waals surface area contributed by atoms with Gasteiger partial charge in [0.2, 0.25) is 11.7 Å². The van der Waals surface area contributed by atoms with Crippen molar-refractivity contribution in [2.75, 3.05) is 18.6 Å². The molecule has 0 spiro atoms. The van der Waals surface area contributed by atoms with Crippen LogP contribution >= 0.6 is 0 Å². The topological polar surface area (TPSA) is 123 Å². The molecule has 0 N–H and O–H groups in total. The number of rotatable bonds is 7. The molecule has 2 aliphatic rings. The van der Waals surface area contributed by atoms with Crippen molar-refractivity contribution in [3.05, 3.63) is 53.7 Å². The number of halogens is 1. The van der Waals surface area contributed by atoms with Crippen LogP contribution in [0.3, 0.4) is 0 Å². The molecule has 3 heterocycles. The second kappa shape index (κ2) is 8.78. The quantitative estimate of drug-likeness (QED) is 0.473. The highest BCUT2D eigenvalue weighted by molar-refractivity contribution is 6.25. The number of imide groups is 1. The molecule has 0 aliphatic carbocycles. The minimum atomic E-state index is -1.02. The van der Waals surface area contributed by atoms with Gasteiger partial charge in [-0.2, -0.15) is 10.1 Å². The van der Waals surface area contributed by atoms with Gasteiger partial charge in [0.05, 0.1) is 19.4 Å². The molecule has 1 aromatic heterocycles. The maximum absolute atomic E-state index is 14.0. The van der Waals surface area contributed by atoms with E-state index in [1.807, 2.05) is 6.92 Å². The lowest BCUT2D eigenvalue weighted by Crippen LogP contribution is -2.39. The first kappa shape index (κ1) is 22.4. The van der Waals surface area contributed by atoms with E-state index in [4.69, 9.17) is 14.0 Å². The van der Waals surface area contributed by atoms with Crippen LogP contribution in [-0.2, 0) is 16.1 Å². The molecule has 2 aliphatic heterocycles. The number of carbonyl (C=O) groups excluding carboxylic acids is 2. The van der Waals surface area contributed by atoms with Gasteiger partial charge in [-0.05, 0) is 49.7 Å². The smallest absolute Gasteiger partial charge is 0.263 e. The number of benzene rings is 2. The number of hydrogen-bond acceptors (Lipinski definition) is 10.